The minimum atomic E-state index is 0.732. The molecule has 1 saturated heterocycles. The zero-order valence-corrected chi connectivity index (χ0v) is 9.55. The number of nitrogens with one attached hydrogen (secondary N) is 2. The van der Waals surface area contributed by atoms with E-state index in [1.165, 1.54) is 38.8 Å². The molecule has 2 aliphatic rings. The first-order valence-electron chi connectivity index (χ1n) is 6.21. The van der Waals surface area contributed by atoms with E-state index in [0.717, 1.165) is 23.9 Å². The molecule has 2 atom stereocenters. The van der Waals surface area contributed by atoms with Crippen LogP contribution < -0.4 is 10.6 Å². The van der Waals surface area contributed by atoms with Crippen LogP contribution in [0.25, 0.3) is 0 Å². The number of hydrogen-bond acceptors (Lipinski definition) is 2. The molecule has 0 spiro atoms. The maximum atomic E-state index is 3.71. The van der Waals surface area contributed by atoms with Crippen LogP contribution in [0.15, 0.2) is 0 Å². The van der Waals surface area contributed by atoms with Crippen molar-refractivity contribution in [3.63, 3.8) is 0 Å². The second-order valence-electron chi connectivity index (χ2n) is 5.43. The Balaban J connectivity index is 1.60. The van der Waals surface area contributed by atoms with E-state index < -0.39 is 0 Å². The lowest BCUT2D eigenvalue weighted by molar-refractivity contribution is 0.215. The fraction of sp³-hybridized carbons (Fsp3) is 1.00. The molecule has 0 amide bonds. The Kier molecular flexibility index (Phi) is 3.45. The number of piperidine rings is 1. The molecule has 0 radical (unpaired) electrons. The fourth-order valence-corrected chi connectivity index (χ4v) is 2.82. The van der Waals surface area contributed by atoms with E-state index in [2.05, 4.69) is 24.5 Å². The molecule has 0 aromatic rings. The Hall–Kier alpha value is -0.0800. The SMILES string of the molecule is CC1CC(NCC2CCNC(C)C2)C1. The largest absolute Gasteiger partial charge is 0.314 e. The van der Waals surface area contributed by atoms with Crippen molar-refractivity contribution in [3.8, 4) is 0 Å². The summed E-state index contributed by atoms with van der Waals surface area (Å²) in [5.74, 6) is 1.89. The summed E-state index contributed by atoms with van der Waals surface area (Å²) in [6, 6.07) is 1.58. The van der Waals surface area contributed by atoms with Gasteiger partial charge in [0.25, 0.3) is 0 Å². The van der Waals surface area contributed by atoms with Crippen LogP contribution in [0.4, 0.5) is 0 Å². The summed E-state index contributed by atoms with van der Waals surface area (Å²) in [4.78, 5) is 0. The molecule has 0 bridgehead atoms. The number of rotatable bonds is 3. The maximum absolute atomic E-state index is 3.71. The van der Waals surface area contributed by atoms with Crippen molar-refractivity contribution < 1.29 is 0 Å². The molecule has 2 rings (SSSR count). The van der Waals surface area contributed by atoms with Gasteiger partial charge in [-0.05, 0) is 57.5 Å². The highest BCUT2D eigenvalue weighted by Gasteiger charge is 2.26. The Morgan fingerprint density at radius 3 is 2.64 bits per heavy atom. The predicted molar refractivity (Wildman–Crippen MR) is 60.4 cm³/mol. The van der Waals surface area contributed by atoms with Gasteiger partial charge in [0.15, 0.2) is 0 Å². The minimum absolute atomic E-state index is 0.732. The summed E-state index contributed by atoms with van der Waals surface area (Å²) >= 11 is 0. The number of hydrogen-bond donors (Lipinski definition) is 2. The summed E-state index contributed by atoms with van der Waals surface area (Å²) in [7, 11) is 0. The standard InChI is InChI=1S/C12H24N2/c1-9-5-12(6-9)14-8-11-3-4-13-10(2)7-11/h9-14H,3-8H2,1-2H3. The van der Waals surface area contributed by atoms with E-state index in [1.807, 2.05) is 0 Å². The summed E-state index contributed by atoms with van der Waals surface area (Å²) in [6.07, 6.45) is 5.52. The molecule has 0 aromatic heterocycles. The average Bonchev–Trinajstić information content (AvgIpc) is 2.11. The van der Waals surface area contributed by atoms with E-state index in [1.54, 1.807) is 0 Å². The molecule has 1 heterocycles. The van der Waals surface area contributed by atoms with Gasteiger partial charge in [0, 0.05) is 12.1 Å². The maximum Gasteiger partial charge on any atom is 0.00722 e. The summed E-state index contributed by atoms with van der Waals surface area (Å²) in [5.41, 5.74) is 0. The zero-order valence-electron chi connectivity index (χ0n) is 9.55. The highest BCUT2D eigenvalue weighted by molar-refractivity contribution is 4.84. The Morgan fingerprint density at radius 1 is 1.21 bits per heavy atom. The fourth-order valence-electron chi connectivity index (χ4n) is 2.82. The van der Waals surface area contributed by atoms with Gasteiger partial charge in [-0.1, -0.05) is 6.92 Å². The normalized spacial score (nSPS) is 43.3. The molecular formula is C12H24N2. The van der Waals surface area contributed by atoms with Gasteiger partial charge in [-0.2, -0.15) is 0 Å². The van der Waals surface area contributed by atoms with E-state index in [0.29, 0.717) is 0 Å². The lowest BCUT2D eigenvalue weighted by atomic mass is 9.81. The summed E-state index contributed by atoms with van der Waals surface area (Å²) < 4.78 is 0. The predicted octanol–water partition coefficient (Wildman–Crippen LogP) is 1.76. The quantitative estimate of drug-likeness (QED) is 0.719. The molecule has 2 N–H and O–H groups in total. The van der Waals surface area contributed by atoms with Crippen molar-refractivity contribution in [3.05, 3.63) is 0 Å². The third-order valence-corrected chi connectivity index (χ3v) is 3.80. The van der Waals surface area contributed by atoms with Gasteiger partial charge in [-0.15, -0.1) is 0 Å². The van der Waals surface area contributed by atoms with Crippen LogP contribution in [0.5, 0.6) is 0 Å². The van der Waals surface area contributed by atoms with Crippen LogP contribution in [-0.2, 0) is 0 Å². The van der Waals surface area contributed by atoms with Crippen LogP contribution in [0.2, 0.25) is 0 Å². The van der Waals surface area contributed by atoms with Gasteiger partial charge < -0.3 is 10.6 Å². The Labute approximate surface area is 87.8 Å². The van der Waals surface area contributed by atoms with Crippen LogP contribution in [0.3, 0.4) is 0 Å². The average molecular weight is 196 g/mol. The molecule has 2 nitrogen and oxygen atoms in total. The lowest BCUT2D eigenvalue weighted by Crippen LogP contribution is -2.45. The first-order valence-corrected chi connectivity index (χ1v) is 6.21. The molecule has 2 unspecified atom stereocenters. The third-order valence-electron chi connectivity index (χ3n) is 3.80. The molecule has 0 aromatic carbocycles. The van der Waals surface area contributed by atoms with Crippen LogP contribution in [0, 0.1) is 11.8 Å². The van der Waals surface area contributed by atoms with E-state index in [4.69, 9.17) is 0 Å². The zero-order chi connectivity index (χ0) is 9.97. The van der Waals surface area contributed by atoms with Gasteiger partial charge in [0.2, 0.25) is 0 Å². The minimum Gasteiger partial charge on any atom is -0.314 e. The van der Waals surface area contributed by atoms with Gasteiger partial charge in [-0.25, -0.2) is 0 Å². The lowest BCUT2D eigenvalue weighted by Gasteiger charge is -2.36. The smallest absolute Gasteiger partial charge is 0.00722 e. The first-order chi connectivity index (χ1) is 6.74. The van der Waals surface area contributed by atoms with Gasteiger partial charge >= 0.3 is 0 Å². The van der Waals surface area contributed by atoms with Crippen molar-refractivity contribution >= 4 is 0 Å². The molecule has 1 saturated carbocycles. The molecule has 2 fully saturated rings. The van der Waals surface area contributed by atoms with Gasteiger partial charge in [0.05, 0.1) is 0 Å². The van der Waals surface area contributed by atoms with E-state index in [-0.39, 0.29) is 0 Å². The summed E-state index contributed by atoms with van der Waals surface area (Å²) in [6.45, 7) is 7.13. The topological polar surface area (TPSA) is 24.1 Å². The molecular weight excluding hydrogens is 172 g/mol. The Bertz CT molecular complexity index is 175. The second-order valence-corrected chi connectivity index (χ2v) is 5.43. The van der Waals surface area contributed by atoms with Crippen molar-refractivity contribution in [2.45, 2.75) is 51.6 Å². The van der Waals surface area contributed by atoms with E-state index >= 15 is 0 Å². The van der Waals surface area contributed by atoms with E-state index in [9.17, 15) is 0 Å². The molecule has 1 aliphatic carbocycles. The summed E-state index contributed by atoms with van der Waals surface area (Å²) in [5, 5.41) is 7.22. The highest BCUT2D eigenvalue weighted by Crippen LogP contribution is 2.26. The molecule has 1 aliphatic heterocycles. The molecule has 14 heavy (non-hydrogen) atoms. The van der Waals surface area contributed by atoms with Gasteiger partial charge in [-0.3, -0.25) is 0 Å². The monoisotopic (exact) mass is 196 g/mol. The highest BCUT2D eigenvalue weighted by atomic mass is 15.0. The van der Waals surface area contributed by atoms with Crippen molar-refractivity contribution in [2.24, 2.45) is 11.8 Å². The van der Waals surface area contributed by atoms with Crippen LogP contribution >= 0.6 is 0 Å². The van der Waals surface area contributed by atoms with Crippen molar-refractivity contribution in [2.75, 3.05) is 13.1 Å². The molecule has 82 valence electrons. The van der Waals surface area contributed by atoms with Crippen LogP contribution in [0.1, 0.15) is 39.5 Å². The van der Waals surface area contributed by atoms with Crippen molar-refractivity contribution in [1.82, 2.24) is 10.6 Å². The Morgan fingerprint density at radius 2 is 2.00 bits per heavy atom. The van der Waals surface area contributed by atoms with Gasteiger partial charge in [0.1, 0.15) is 0 Å². The first kappa shape index (κ1) is 10.4. The van der Waals surface area contributed by atoms with Crippen LogP contribution in [-0.4, -0.2) is 25.2 Å². The second kappa shape index (κ2) is 4.63. The molecule has 2 heteroatoms. The van der Waals surface area contributed by atoms with Crippen molar-refractivity contribution in [1.29, 1.82) is 0 Å². The third kappa shape index (κ3) is 2.71.